The van der Waals surface area contributed by atoms with Gasteiger partial charge in [-0.05, 0) is 84.4 Å². The Hall–Kier alpha value is -3.39. The van der Waals surface area contributed by atoms with E-state index in [-0.39, 0.29) is 24.3 Å². The number of ether oxygens (including phenoxy) is 3. The van der Waals surface area contributed by atoms with E-state index < -0.39 is 0 Å². The van der Waals surface area contributed by atoms with Gasteiger partial charge < -0.3 is 24.4 Å². The molecule has 1 aliphatic rings. The first-order valence-electron chi connectivity index (χ1n) is 10.4. The number of rotatable bonds is 6. The van der Waals surface area contributed by atoms with E-state index in [1.54, 1.807) is 38.5 Å². The van der Waals surface area contributed by atoms with Crippen LogP contribution in [-0.2, 0) is 6.42 Å². The van der Waals surface area contributed by atoms with Gasteiger partial charge in [-0.3, -0.25) is 0 Å². The molecule has 1 N–H and O–H groups in total. The Morgan fingerprint density at radius 1 is 1.00 bits per heavy atom. The van der Waals surface area contributed by atoms with Crippen molar-refractivity contribution in [3.8, 4) is 17.2 Å². The lowest BCUT2D eigenvalue weighted by atomic mass is 9.92. The monoisotopic (exact) mass is 470 g/mol. The second kappa shape index (κ2) is 10.0. The van der Waals surface area contributed by atoms with Crippen molar-refractivity contribution in [2.45, 2.75) is 12.5 Å². The van der Waals surface area contributed by atoms with E-state index >= 15 is 0 Å². The normalized spacial score (nSPS) is 14.9. The smallest absolute Gasteiger partial charge is 0.174 e. The Morgan fingerprint density at radius 3 is 2.42 bits per heavy atom. The minimum absolute atomic E-state index is 0.257. The van der Waals surface area contributed by atoms with Gasteiger partial charge in [0.2, 0.25) is 0 Å². The lowest BCUT2D eigenvalue weighted by Crippen LogP contribution is -2.44. The maximum atomic E-state index is 13.7. The van der Waals surface area contributed by atoms with Crippen LogP contribution in [0.4, 0.5) is 14.5 Å². The highest BCUT2D eigenvalue weighted by Crippen LogP contribution is 2.38. The van der Waals surface area contributed by atoms with E-state index in [4.69, 9.17) is 26.4 Å². The van der Waals surface area contributed by atoms with Crippen molar-refractivity contribution in [3.05, 3.63) is 83.4 Å². The van der Waals surface area contributed by atoms with Gasteiger partial charge in [0.05, 0.1) is 20.3 Å². The minimum atomic E-state index is -0.347. The topological polar surface area (TPSA) is 43.0 Å². The summed E-state index contributed by atoms with van der Waals surface area (Å²) in [5.41, 5.74) is 2.66. The van der Waals surface area contributed by atoms with Crippen molar-refractivity contribution in [3.63, 3.8) is 0 Å². The van der Waals surface area contributed by atoms with Gasteiger partial charge in [0, 0.05) is 12.2 Å². The number of methoxy groups -OCH3 is 2. The van der Waals surface area contributed by atoms with Gasteiger partial charge in [0.15, 0.2) is 16.6 Å². The van der Waals surface area contributed by atoms with Crippen molar-refractivity contribution in [2.24, 2.45) is 0 Å². The Kier molecular flexibility index (Phi) is 6.93. The molecule has 0 aliphatic carbocycles. The number of hydrogen-bond acceptors (Lipinski definition) is 4. The standard InChI is InChI=1S/C25H24F2N2O3S/c1-30-23-12-16-10-11-29(25(33)28-19-5-3-4-18(27)13-19)22(21(16)14-24(23)31-2)15-32-20-8-6-17(26)7-9-20/h3-9,12-14,22H,10-11,15H2,1-2H3,(H,28,33). The van der Waals surface area contributed by atoms with Crippen LogP contribution < -0.4 is 19.5 Å². The summed E-state index contributed by atoms with van der Waals surface area (Å²) in [7, 11) is 3.19. The van der Waals surface area contributed by atoms with Gasteiger partial charge >= 0.3 is 0 Å². The number of thiocarbonyl (C=S) groups is 1. The average Bonchev–Trinajstić information content (AvgIpc) is 2.82. The number of benzene rings is 3. The van der Waals surface area contributed by atoms with Crippen LogP contribution in [0.25, 0.3) is 0 Å². The molecule has 0 fully saturated rings. The van der Waals surface area contributed by atoms with Crippen molar-refractivity contribution >= 4 is 23.0 Å². The molecular formula is C25H24F2N2O3S. The highest BCUT2D eigenvalue weighted by Gasteiger charge is 2.31. The summed E-state index contributed by atoms with van der Waals surface area (Å²) in [4.78, 5) is 2.01. The van der Waals surface area contributed by atoms with Crippen LogP contribution >= 0.6 is 12.2 Å². The van der Waals surface area contributed by atoms with Crippen LogP contribution in [0.2, 0.25) is 0 Å². The second-order valence-corrected chi connectivity index (χ2v) is 7.96. The molecule has 0 bridgehead atoms. The number of nitrogens with one attached hydrogen (secondary N) is 1. The lowest BCUT2D eigenvalue weighted by molar-refractivity contribution is 0.190. The number of hydrogen-bond donors (Lipinski definition) is 1. The summed E-state index contributed by atoms with van der Waals surface area (Å²) in [5.74, 6) is 1.13. The molecule has 0 aromatic heterocycles. The van der Waals surface area contributed by atoms with Crippen LogP contribution in [0.1, 0.15) is 17.2 Å². The largest absolute Gasteiger partial charge is 0.493 e. The first-order chi connectivity index (χ1) is 16.0. The summed E-state index contributed by atoms with van der Waals surface area (Å²) < 4.78 is 43.9. The predicted molar refractivity (Wildman–Crippen MR) is 127 cm³/mol. The third kappa shape index (κ3) is 5.17. The van der Waals surface area contributed by atoms with Gasteiger partial charge in [-0.15, -0.1) is 0 Å². The predicted octanol–water partition coefficient (Wildman–Crippen LogP) is 5.36. The number of anilines is 1. The fraction of sp³-hybridized carbons (Fsp3) is 0.240. The number of nitrogens with zero attached hydrogens (tertiary/aromatic N) is 1. The third-order valence-corrected chi connectivity index (χ3v) is 5.90. The van der Waals surface area contributed by atoms with E-state index in [1.165, 1.54) is 24.3 Å². The molecular weight excluding hydrogens is 446 g/mol. The molecule has 1 atom stereocenters. The molecule has 4 rings (SSSR count). The molecule has 1 heterocycles. The molecule has 1 aliphatic heterocycles. The molecule has 8 heteroatoms. The van der Waals surface area contributed by atoms with E-state index in [2.05, 4.69) is 5.32 Å². The van der Waals surface area contributed by atoms with Crippen molar-refractivity contribution in [1.82, 2.24) is 4.90 Å². The highest BCUT2D eigenvalue weighted by molar-refractivity contribution is 7.80. The minimum Gasteiger partial charge on any atom is -0.493 e. The Morgan fingerprint density at radius 2 is 1.73 bits per heavy atom. The summed E-state index contributed by atoms with van der Waals surface area (Å²) in [6, 6.07) is 15.7. The fourth-order valence-electron chi connectivity index (χ4n) is 3.92. The number of halogens is 2. The maximum absolute atomic E-state index is 13.7. The van der Waals surface area contributed by atoms with Gasteiger partial charge in [0.1, 0.15) is 24.0 Å². The summed E-state index contributed by atoms with van der Waals surface area (Å²) in [5, 5.41) is 3.58. The van der Waals surface area contributed by atoms with Crippen molar-refractivity contribution in [2.75, 3.05) is 32.7 Å². The summed E-state index contributed by atoms with van der Waals surface area (Å²) in [6.07, 6.45) is 0.730. The molecule has 0 saturated heterocycles. The van der Waals surface area contributed by atoms with Gasteiger partial charge in [-0.25, -0.2) is 8.78 Å². The van der Waals surface area contributed by atoms with Gasteiger partial charge in [0.25, 0.3) is 0 Å². The van der Waals surface area contributed by atoms with Crippen LogP contribution in [0.5, 0.6) is 17.2 Å². The molecule has 33 heavy (non-hydrogen) atoms. The zero-order valence-electron chi connectivity index (χ0n) is 18.3. The fourth-order valence-corrected chi connectivity index (χ4v) is 4.25. The Bertz CT molecular complexity index is 1140. The molecule has 0 amide bonds. The van der Waals surface area contributed by atoms with Gasteiger partial charge in [-0.1, -0.05) is 6.07 Å². The molecule has 0 radical (unpaired) electrons. The van der Waals surface area contributed by atoms with Crippen LogP contribution in [0.15, 0.2) is 60.7 Å². The van der Waals surface area contributed by atoms with E-state index in [0.29, 0.717) is 34.6 Å². The van der Waals surface area contributed by atoms with Crippen molar-refractivity contribution < 1.29 is 23.0 Å². The van der Waals surface area contributed by atoms with Crippen molar-refractivity contribution in [1.29, 1.82) is 0 Å². The maximum Gasteiger partial charge on any atom is 0.174 e. The van der Waals surface area contributed by atoms with E-state index in [1.807, 2.05) is 17.0 Å². The molecule has 5 nitrogen and oxygen atoms in total. The van der Waals surface area contributed by atoms with Crippen LogP contribution in [-0.4, -0.2) is 37.4 Å². The van der Waals surface area contributed by atoms with Crippen LogP contribution in [0, 0.1) is 11.6 Å². The highest BCUT2D eigenvalue weighted by atomic mass is 32.1. The average molecular weight is 471 g/mol. The Labute approximate surface area is 196 Å². The molecule has 1 unspecified atom stereocenters. The number of fused-ring (bicyclic) bond motifs is 1. The summed E-state index contributed by atoms with van der Waals surface area (Å²) in [6.45, 7) is 0.889. The summed E-state index contributed by atoms with van der Waals surface area (Å²) >= 11 is 5.69. The zero-order valence-corrected chi connectivity index (χ0v) is 19.1. The molecule has 3 aromatic rings. The lowest BCUT2D eigenvalue weighted by Gasteiger charge is -2.39. The molecule has 3 aromatic carbocycles. The van der Waals surface area contributed by atoms with E-state index in [9.17, 15) is 8.78 Å². The Balaban J connectivity index is 1.64. The third-order valence-electron chi connectivity index (χ3n) is 5.56. The molecule has 172 valence electrons. The zero-order chi connectivity index (χ0) is 23.4. The van der Waals surface area contributed by atoms with Crippen LogP contribution in [0.3, 0.4) is 0 Å². The van der Waals surface area contributed by atoms with E-state index in [0.717, 1.165) is 17.5 Å². The first kappa shape index (κ1) is 22.8. The van der Waals surface area contributed by atoms with Gasteiger partial charge in [-0.2, -0.15) is 0 Å². The second-order valence-electron chi connectivity index (χ2n) is 7.57. The molecule has 0 spiro atoms. The first-order valence-corrected chi connectivity index (χ1v) is 10.9. The quantitative estimate of drug-likeness (QED) is 0.490. The SMILES string of the molecule is COc1cc2c(cc1OC)C(COc1ccc(F)cc1)N(C(=S)Nc1cccc(F)c1)CC2. The molecule has 0 saturated carbocycles.